The molecule has 0 bridgehead atoms. The summed E-state index contributed by atoms with van der Waals surface area (Å²) < 4.78 is 15.0. The van der Waals surface area contributed by atoms with Crippen LogP contribution < -0.4 is 5.46 Å². The van der Waals surface area contributed by atoms with Gasteiger partial charge in [0.15, 0.2) is 0 Å². The van der Waals surface area contributed by atoms with Gasteiger partial charge in [0.1, 0.15) is 0 Å². The van der Waals surface area contributed by atoms with E-state index in [2.05, 4.69) is 105 Å². The van der Waals surface area contributed by atoms with E-state index in [-0.39, 0.29) is 0 Å². The van der Waals surface area contributed by atoms with E-state index >= 15 is 0 Å². The molecule has 1 fully saturated rings. The molecule has 1 saturated heterocycles. The van der Waals surface area contributed by atoms with E-state index in [0.29, 0.717) is 5.02 Å². The van der Waals surface area contributed by atoms with Crippen molar-refractivity contribution in [2.45, 2.75) is 38.9 Å². The van der Waals surface area contributed by atoms with Gasteiger partial charge in [0.25, 0.3) is 0 Å². The smallest absolute Gasteiger partial charge is 0.399 e. The summed E-state index contributed by atoms with van der Waals surface area (Å²) in [5, 5.41) is 3.06. The van der Waals surface area contributed by atoms with Crippen molar-refractivity contribution in [3.63, 3.8) is 0 Å². The van der Waals surface area contributed by atoms with Gasteiger partial charge < -0.3 is 13.9 Å². The Balaban J connectivity index is 1.57. The van der Waals surface area contributed by atoms with Crippen LogP contribution in [-0.4, -0.2) is 22.9 Å². The molecule has 0 radical (unpaired) electrons. The number of hydrogen-bond donors (Lipinski definition) is 0. The molecule has 5 aromatic rings. The average Bonchev–Trinajstić information content (AvgIpc) is 3.28. The molecule has 6 rings (SSSR count). The minimum atomic E-state index is -0.481. The lowest BCUT2D eigenvalue weighted by Crippen LogP contribution is -2.41. The van der Waals surface area contributed by atoms with E-state index in [0.717, 1.165) is 22.2 Å². The highest BCUT2D eigenvalue weighted by molar-refractivity contribution is 6.62. The molecule has 0 atom stereocenters. The molecule has 2 heterocycles. The van der Waals surface area contributed by atoms with Crippen molar-refractivity contribution in [1.82, 2.24) is 4.57 Å². The van der Waals surface area contributed by atoms with Gasteiger partial charge in [0, 0.05) is 21.5 Å². The maximum absolute atomic E-state index is 6.69. The molecule has 0 spiro atoms. The van der Waals surface area contributed by atoms with Crippen molar-refractivity contribution in [1.29, 1.82) is 0 Å². The Kier molecular flexibility index (Phi) is 5.12. The zero-order valence-electron chi connectivity index (χ0n) is 20.4. The fraction of sp³-hybridized carbons (Fsp3) is 0.200. The Morgan fingerprint density at radius 2 is 1.31 bits per heavy atom. The topological polar surface area (TPSA) is 23.4 Å². The molecule has 0 amide bonds. The van der Waals surface area contributed by atoms with E-state index in [1.807, 2.05) is 18.2 Å². The van der Waals surface area contributed by atoms with E-state index in [4.69, 9.17) is 20.9 Å². The molecule has 0 aliphatic carbocycles. The third-order valence-corrected chi connectivity index (χ3v) is 7.69. The molecular weight excluding hydrogens is 453 g/mol. The van der Waals surface area contributed by atoms with Crippen LogP contribution in [0.4, 0.5) is 0 Å². The number of fused-ring (bicyclic) bond motifs is 3. The fourth-order valence-electron chi connectivity index (χ4n) is 4.90. The second-order valence-electron chi connectivity index (χ2n) is 10.3. The Morgan fingerprint density at radius 1 is 0.657 bits per heavy atom. The monoisotopic (exact) mass is 479 g/mol. The minimum Gasteiger partial charge on any atom is -0.399 e. The van der Waals surface area contributed by atoms with Crippen molar-refractivity contribution in [2.24, 2.45) is 0 Å². The quantitative estimate of drug-likeness (QED) is 0.252. The molecule has 1 aliphatic heterocycles. The van der Waals surface area contributed by atoms with E-state index in [9.17, 15) is 0 Å². The number of nitrogens with zero attached hydrogens (tertiary/aromatic N) is 1. The van der Waals surface area contributed by atoms with Crippen LogP contribution in [0.3, 0.4) is 0 Å². The van der Waals surface area contributed by atoms with Gasteiger partial charge in [-0.25, -0.2) is 0 Å². The van der Waals surface area contributed by atoms with Gasteiger partial charge in [-0.1, -0.05) is 72.3 Å². The highest BCUT2D eigenvalue weighted by Gasteiger charge is 2.51. The molecule has 1 aliphatic rings. The lowest BCUT2D eigenvalue weighted by molar-refractivity contribution is 0.00578. The maximum Gasteiger partial charge on any atom is 0.494 e. The van der Waals surface area contributed by atoms with Crippen LogP contribution in [0.5, 0.6) is 0 Å². The zero-order valence-corrected chi connectivity index (χ0v) is 21.1. The van der Waals surface area contributed by atoms with Crippen LogP contribution in [0.1, 0.15) is 27.7 Å². The Hall–Kier alpha value is -3.05. The van der Waals surface area contributed by atoms with Crippen LogP contribution in [0.15, 0.2) is 91.0 Å². The molecule has 0 unspecified atom stereocenters. The predicted octanol–water partition coefficient (Wildman–Crippen LogP) is 7.40. The second kappa shape index (κ2) is 7.99. The molecule has 4 aromatic carbocycles. The first-order valence-electron chi connectivity index (χ1n) is 12.0. The number of aromatic nitrogens is 1. The number of benzene rings is 4. The summed E-state index contributed by atoms with van der Waals surface area (Å²) in [4.78, 5) is 0. The first kappa shape index (κ1) is 22.4. The molecular formula is C30H27BClNO2. The van der Waals surface area contributed by atoms with Crippen molar-refractivity contribution in [3.8, 4) is 16.8 Å². The van der Waals surface area contributed by atoms with Gasteiger partial charge in [0.2, 0.25) is 0 Å². The van der Waals surface area contributed by atoms with Crippen molar-refractivity contribution >= 4 is 46.0 Å². The second-order valence-corrected chi connectivity index (χ2v) is 10.7. The molecule has 0 N–H and O–H groups in total. The molecule has 35 heavy (non-hydrogen) atoms. The fourth-order valence-corrected chi connectivity index (χ4v) is 5.14. The predicted molar refractivity (Wildman–Crippen MR) is 147 cm³/mol. The van der Waals surface area contributed by atoms with Crippen molar-refractivity contribution in [3.05, 3.63) is 96.0 Å². The Labute approximate surface area is 211 Å². The van der Waals surface area contributed by atoms with E-state index in [1.165, 1.54) is 21.9 Å². The summed E-state index contributed by atoms with van der Waals surface area (Å²) in [6, 6.07) is 31.7. The SMILES string of the molecule is CC1(C)OB(c2cc(Cl)cc(-n3c4ccccc4c4ccc(-c5ccccc5)cc43)c2)OC1(C)C. The first-order chi connectivity index (χ1) is 16.7. The highest BCUT2D eigenvalue weighted by atomic mass is 35.5. The number of hydrogen-bond acceptors (Lipinski definition) is 2. The lowest BCUT2D eigenvalue weighted by Gasteiger charge is -2.32. The van der Waals surface area contributed by atoms with Gasteiger partial charge in [-0.3, -0.25) is 0 Å². The standard InChI is InChI=1S/C30H27BClNO2/c1-29(2)30(3,4)35-31(34-29)22-17-23(32)19-24(18-22)33-27-13-9-8-12-25(27)26-15-14-21(16-28(26)33)20-10-6-5-7-11-20/h5-19H,1-4H3. The highest BCUT2D eigenvalue weighted by Crippen LogP contribution is 2.38. The van der Waals surface area contributed by atoms with Crippen molar-refractivity contribution in [2.75, 3.05) is 0 Å². The Bertz CT molecular complexity index is 1560. The summed E-state index contributed by atoms with van der Waals surface area (Å²) in [5.41, 5.74) is 5.69. The molecule has 3 nitrogen and oxygen atoms in total. The molecule has 5 heteroatoms. The van der Waals surface area contributed by atoms with Gasteiger partial charge in [-0.15, -0.1) is 0 Å². The van der Waals surface area contributed by atoms with E-state index < -0.39 is 18.3 Å². The van der Waals surface area contributed by atoms with Gasteiger partial charge >= 0.3 is 7.12 Å². The summed E-state index contributed by atoms with van der Waals surface area (Å²) in [7, 11) is -0.481. The summed E-state index contributed by atoms with van der Waals surface area (Å²) in [6.07, 6.45) is 0. The van der Waals surface area contributed by atoms with Crippen LogP contribution in [-0.2, 0) is 9.31 Å². The van der Waals surface area contributed by atoms with Crippen LogP contribution in [0, 0.1) is 0 Å². The molecule has 0 saturated carbocycles. The van der Waals surface area contributed by atoms with E-state index in [1.54, 1.807) is 0 Å². The first-order valence-corrected chi connectivity index (χ1v) is 12.4. The average molecular weight is 480 g/mol. The van der Waals surface area contributed by atoms with Crippen LogP contribution >= 0.6 is 11.6 Å². The largest absolute Gasteiger partial charge is 0.494 e. The van der Waals surface area contributed by atoms with Crippen LogP contribution in [0.25, 0.3) is 38.6 Å². The maximum atomic E-state index is 6.69. The number of para-hydroxylation sites is 1. The van der Waals surface area contributed by atoms with Gasteiger partial charge in [-0.05, 0) is 74.6 Å². The normalized spacial score (nSPS) is 16.9. The zero-order chi connectivity index (χ0) is 24.4. The van der Waals surface area contributed by atoms with Gasteiger partial charge in [-0.2, -0.15) is 0 Å². The number of rotatable bonds is 3. The summed E-state index contributed by atoms with van der Waals surface area (Å²) in [5.74, 6) is 0. The molecule has 1 aromatic heterocycles. The third kappa shape index (κ3) is 3.68. The summed E-state index contributed by atoms with van der Waals surface area (Å²) in [6.45, 7) is 8.26. The summed E-state index contributed by atoms with van der Waals surface area (Å²) >= 11 is 6.69. The van der Waals surface area contributed by atoms with Crippen molar-refractivity contribution < 1.29 is 9.31 Å². The third-order valence-electron chi connectivity index (χ3n) is 7.47. The minimum absolute atomic E-state index is 0.419. The van der Waals surface area contributed by atoms with Gasteiger partial charge in [0.05, 0.1) is 22.2 Å². The van der Waals surface area contributed by atoms with Crippen LogP contribution in [0.2, 0.25) is 5.02 Å². The Morgan fingerprint density at radius 3 is 2.06 bits per heavy atom. The lowest BCUT2D eigenvalue weighted by atomic mass is 9.79. The number of halogens is 1. The molecule has 174 valence electrons.